The second kappa shape index (κ2) is 7.98. The van der Waals surface area contributed by atoms with Gasteiger partial charge in [0.05, 0.1) is 18.8 Å². The minimum atomic E-state index is -4.13. The molecule has 0 bridgehead atoms. The molecule has 4 aromatic rings. The Labute approximate surface area is 178 Å². The van der Waals surface area contributed by atoms with Crippen LogP contribution in [0.15, 0.2) is 66.1 Å². The lowest BCUT2D eigenvalue weighted by molar-refractivity contribution is -0.117. The van der Waals surface area contributed by atoms with Crippen LogP contribution < -0.4 is 0 Å². The summed E-state index contributed by atoms with van der Waals surface area (Å²) in [5.41, 5.74) is 2.79. The zero-order valence-electron chi connectivity index (χ0n) is 16.6. The number of ketones is 2. The van der Waals surface area contributed by atoms with Gasteiger partial charge in [-0.05, 0) is 39.6 Å². The maximum absolute atomic E-state index is 12.3. The first-order chi connectivity index (χ1) is 14.8. The smallest absolute Gasteiger partial charge is 0.297 e. The van der Waals surface area contributed by atoms with E-state index in [4.69, 9.17) is 4.55 Å². The number of Topliss-reactive ketones (excluding diaryl/α,β-unsaturated/α-hetero) is 2. The normalized spacial score (nSPS) is 13.6. The van der Waals surface area contributed by atoms with E-state index in [-0.39, 0.29) is 22.9 Å². The van der Waals surface area contributed by atoms with Crippen molar-refractivity contribution >= 4 is 43.2 Å². The lowest BCUT2D eigenvalue weighted by atomic mass is 9.84. The van der Waals surface area contributed by atoms with Gasteiger partial charge in [-0.1, -0.05) is 42.5 Å². The van der Waals surface area contributed by atoms with Gasteiger partial charge in [0.15, 0.2) is 5.78 Å². The topological polar surface area (TPSA) is 114 Å². The second-order valence-electron chi connectivity index (χ2n) is 7.30. The van der Waals surface area contributed by atoms with Crippen molar-refractivity contribution < 1.29 is 22.6 Å². The number of nitrogens with zero attached hydrogens (tertiary/aromatic N) is 2. The van der Waals surface area contributed by atoms with Crippen LogP contribution in [0.5, 0.6) is 0 Å². The van der Waals surface area contributed by atoms with Crippen molar-refractivity contribution in [3.63, 3.8) is 0 Å². The number of fused-ring (bicyclic) bond motifs is 5. The van der Waals surface area contributed by atoms with Gasteiger partial charge in [0.25, 0.3) is 10.1 Å². The lowest BCUT2D eigenvalue weighted by Crippen LogP contribution is -2.20. The van der Waals surface area contributed by atoms with Crippen molar-refractivity contribution in [2.75, 3.05) is 0 Å². The third-order valence-corrected chi connectivity index (χ3v) is 6.00. The number of carbonyl (C=O) groups is 2. The summed E-state index contributed by atoms with van der Waals surface area (Å²) in [4.78, 5) is 30.5. The van der Waals surface area contributed by atoms with E-state index in [2.05, 4.69) is 35.1 Å². The van der Waals surface area contributed by atoms with Crippen LogP contribution in [0.2, 0.25) is 0 Å². The minimum absolute atomic E-state index is 0.0179. The Morgan fingerprint density at radius 1 is 0.871 bits per heavy atom. The fourth-order valence-corrected chi connectivity index (χ4v) is 4.23. The molecule has 0 atom stereocenters. The first kappa shape index (κ1) is 20.8. The van der Waals surface area contributed by atoms with Crippen LogP contribution in [0.1, 0.15) is 27.9 Å². The summed E-state index contributed by atoms with van der Waals surface area (Å²) in [7, 11) is -4.13. The molecule has 0 unspecified atom stereocenters. The van der Waals surface area contributed by atoms with E-state index in [1.807, 2.05) is 24.3 Å². The summed E-state index contributed by atoms with van der Waals surface area (Å²) in [5.74, 6) is -0.0223. The number of carbonyl (C=O) groups excluding carboxylic acids is 2. The summed E-state index contributed by atoms with van der Waals surface area (Å²) in [5, 5.41) is 4.46. The van der Waals surface area contributed by atoms with Crippen LogP contribution in [0.4, 0.5) is 0 Å². The van der Waals surface area contributed by atoms with Crippen LogP contribution in [0.3, 0.4) is 0 Å². The Bertz CT molecular complexity index is 1450. The monoisotopic (exact) mass is 434 g/mol. The minimum Gasteiger partial charge on any atom is -0.299 e. The number of rotatable bonds is 1. The van der Waals surface area contributed by atoms with Crippen LogP contribution >= 0.6 is 0 Å². The molecule has 0 saturated heterocycles. The average molecular weight is 434 g/mol. The maximum atomic E-state index is 12.3. The van der Waals surface area contributed by atoms with E-state index in [1.165, 1.54) is 17.1 Å². The molecule has 0 radical (unpaired) electrons. The van der Waals surface area contributed by atoms with Gasteiger partial charge in [-0.3, -0.25) is 14.1 Å². The predicted molar refractivity (Wildman–Crippen MR) is 116 cm³/mol. The van der Waals surface area contributed by atoms with E-state index in [0.29, 0.717) is 6.42 Å². The second-order valence-corrected chi connectivity index (χ2v) is 8.72. The van der Waals surface area contributed by atoms with Crippen LogP contribution in [0.25, 0.3) is 21.5 Å². The summed E-state index contributed by atoms with van der Waals surface area (Å²) >= 11 is 0. The van der Waals surface area contributed by atoms with E-state index < -0.39 is 10.1 Å². The maximum Gasteiger partial charge on any atom is 0.297 e. The number of aryl methyl sites for hydroxylation is 1. The lowest BCUT2D eigenvalue weighted by Gasteiger charge is -2.18. The van der Waals surface area contributed by atoms with Crippen molar-refractivity contribution in [3.05, 3.63) is 77.9 Å². The molecule has 1 N–H and O–H groups in total. The highest BCUT2D eigenvalue weighted by atomic mass is 32.2. The van der Waals surface area contributed by atoms with E-state index in [1.54, 1.807) is 0 Å². The fourth-order valence-electron chi connectivity index (χ4n) is 3.84. The number of benzene rings is 3. The Balaban J connectivity index is 0.000000196. The summed E-state index contributed by atoms with van der Waals surface area (Å²) in [6.07, 6.45) is 3.63. The Morgan fingerprint density at radius 3 is 2.16 bits per heavy atom. The largest absolute Gasteiger partial charge is 0.299 e. The molecule has 1 aromatic heterocycles. The van der Waals surface area contributed by atoms with Gasteiger partial charge >= 0.3 is 0 Å². The zero-order chi connectivity index (χ0) is 22.2. The van der Waals surface area contributed by atoms with Crippen molar-refractivity contribution in [1.29, 1.82) is 0 Å². The molecule has 5 rings (SSSR count). The highest BCUT2D eigenvalue weighted by Gasteiger charge is 2.25. The van der Waals surface area contributed by atoms with E-state index in [0.717, 1.165) is 39.9 Å². The molecular weight excluding hydrogens is 416 g/mol. The molecular formula is C23H18N2O5S. The van der Waals surface area contributed by atoms with Gasteiger partial charge in [0, 0.05) is 12.0 Å². The summed E-state index contributed by atoms with van der Waals surface area (Å²) < 4.78 is 29.0. The molecule has 31 heavy (non-hydrogen) atoms. The first-order valence-electron chi connectivity index (χ1n) is 9.47. The van der Waals surface area contributed by atoms with Gasteiger partial charge in [0.2, 0.25) is 0 Å². The van der Waals surface area contributed by atoms with Crippen LogP contribution in [-0.2, 0) is 21.3 Å². The molecule has 0 spiro atoms. The number of hydrogen-bond donors (Lipinski definition) is 1. The Morgan fingerprint density at radius 2 is 1.52 bits per heavy atom. The van der Waals surface area contributed by atoms with Crippen molar-refractivity contribution in [1.82, 2.24) is 9.97 Å². The standard InChI is InChI=1S/C19H14O2.C4H4N2O3S/c1-11-8-17-16(15-5-3-2-4-14(11)15)7-6-12-9-13(20)10-18(21)19(12)17;7-10(8,9)4-1-5-3-6-2-4/h2-8H,9-10H2,1H3;1-3H,(H,7,8,9). The first-order valence-corrected chi connectivity index (χ1v) is 10.9. The highest BCUT2D eigenvalue weighted by molar-refractivity contribution is 7.85. The molecule has 3 aromatic carbocycles. The molecule has 1 aliphatic carbocycles. The van der Waals surface area contributed by atoms with Gasteiger partial charge in [-0.25, -0.2) is 9.97 Å². The van der Waals surface area contributed by atoms with Gasteiger partial charge in [0.1, 0.15) is 17.0 Å². The molecule has 156 valence electrons. The zero-order valence-corrected chi connectivity index (χ0v) is 17.4. The molecule has 0 saturated carbocycles. The van der Waals surface area contributed by atoms with Crippen LogP contribution in [0, 0.1) is 6.92 Å². The summed E-state index contributed by atoms with van der Waals surface area (Å²) in [6, 6.07) is 14.3. The molecule has 7 nitrogen and oxygen atoms in total. The van der Waals surface area contributed by atoms with Gasteiger partial charge < -0.3 is 0 Å². The van der Waals surface area contributed by atoms with E-state index in [9.17, 15) is 18.0 Å². The van der Waals surface area contributed by atoms with Crippen molar-refractivity contribution in [3.8, 4) is 0 Å². The average Bonchev–Trinajstić information content (AvgIpc) is 2.74. The Kier molecular flexibility index (Phi) is 5.34. The number of hydrogen-bond acceptors (Lipinski definition) is 6. The molecule has 8 heteroatoms. The quantitative estimate of drug-likeness (QED) is 0.276. The third-order valence-electron chi connectivity index (χ3n) is 5.19. The number of aromatic nitrogens is 2. The predicted octanol–water partition coefficient (Wildman–Crippen LogP) is 3.72. The molecule has 1 aliphatic rings. The summed E-state index contributed by atoms with van der Waals surface area (Å²) in [6.45, 7) is 2.07. The highest BCUT2D eigenvalue weighted by Crippen LogP contribution is 2.34. The van der Waals surface area contributed by atoms with Gasteiger partial charge in [-0.2, -0.15) is 8.42 Å². The molecule has 0 aliphatic heterocycles. The van der Waals surface area contributed by atoms with E-state index >= 15 is 0 Å². The third kappa shape index (κ3) is 4.08. The van der Waals surface area contributed by atoms with Crippen molar-refractivity contribution in [2.45, 2.75) is 24.7 Å². The molecule has 0 amide bonds. The Hall–Kier alpha value is -3.49. The van der Waals surface area contributed by atoms with Gasteiger partial charge in [-0.15, -0.1) is 0 Å². The SMILES string of the molecule is Cc1cc2c3c(ccc2c2ccccc12)CC(=O)CC3=O.O=S(=O)(O)c1cncnc1. The van der Waals surface area contributed by atoms with Crippen LogP contribution in [-0.4, -0.2) is 34.5 Å². The fraction of sp³-hybridized carbons (Fsp3) is 0.130. The molecule has 0 fully saturated rings. The van der Waals surface area contributed by atoms with Crippen molar-refractivity contribution in [2.24, 2.45) is 0 Å². The molecule has 1 heterocycles.